The molecule has 0 bridgehead atoms. The first-order valence-electron chi connectivity index (χ1n) is 5.61. The molecular formula is C10H17F3N2O2. The molecule has 0 aromatic rings. The van der Waals surface area contributed by atoms with E-state index in [2.05, 4.69) is 10.6 Å². The Hall–Kier alpha value is -0.980. The van der Waals surface area contributed by atoms with Gasteiger partial charge in [0.25, 0.3) is 0 Å². The minimum absolute atomic E-state index is 0.133. The van der Waals surface area contributed by atoms with Gasteiger partial charge in [-0.15, -0.1) is 0 Å². The van der Waals surface area contributed by atoms with Crippen LogP contribution in [0.4, 0.5) is 18.0 Å². The van der Waals surface area contributed by atoms with E-state index in [1.165, 1.54) is 0 Å². The molecule has 1 amide bonds. The molecule has 1 saturated carbocycles. The molecule has 0 aromatic carbocycles. The molecule has 7 heteroatoms. The van der Waals surface area contributed by atoms with Crippen molar-refractivity contribution in [1.82, 2.24) is 10.6 Å². The van der Waals surface area contributed by atoms with Crippen LogP contribution < -0.4 is 10.6 Å². The summed E-state index contributed by atoms with van der Waals surface area (Å²) in [6, 6.07) is -1.83. The maximum absolute atomic E-state index is 12.3. The molecule has 0 radical (unpaired) electrons. The molecule has 1 unspecified atom stereocenters. The number of amides is 1. The van der Waals surface area contributed by atoms with Gasteiger partial charge in [0.05, 0.1) is 0 Å². The summed E-state index contributed by atoms with van der Waals surface area (Å²) in [6.45, 7) is 1.10. The molecule has 17 heavy (non-hydrogen) atoms. The highest BCUT2D eigenvalue weighted by Crippen LogP contribution is 2.24. The molecule has 0 aliphatic heterocycles. The van der Waals surface area contributed by atoms with Crippen LogP contribution in [0.3, 0.4) is 0 Å². The Morgan fingerprint density at radius 3 is 2.12 bits per heavy atom. The van der Waals surface area contributed by atoms with E-state index in [9.17, 15) is 18.0 Å². The summed E-state index contributed by atoms with van der Waals surface area (Å²) in [5.74, 6) is 0. The Kier molecular flexibility index (Phi) is 4.62. The van der Waals surface area contributed by atoms with Crippen LogP contribution in [0, 0.1) is 0 Å². The molecule has 3 N–H and O–H groups in total. The van der Waals surface area contributed by atoms with Gasteiger partial charge < -0.3 is 15.7 Å². The van der Waals surface area contributed by atoms with Crippen LogP contribution in [0.1, 0.15) is 32.6 Å². The highest BCUT2D eigenvalue weighted by atomic mass is 19.4. The molecular weight excluding hydrogens is 237 g/mol. The lowest BCUT2D eigenvalue weighted by Crippen LogP contribution is -2.48. The molecule has 4 nitrogen and oxygen atoms in total. The Morgan fingerprint density at radius 2 is 1.71 bits per heavy atom. The summed E-state index contributed by atoms with van der Waals surface area (Å²) < 4.78 is 36.9. The van der Waals surface area contributed by atoms with Crippen LogP contribution in [0.2, 0.25) is 0 Å². The van der Waals surface area contributed by atoms with Gasteiger partial charge in [-0.2, -0.15) is 13.2 Å². The fourth-order valence-corrected chi connectivity index (χ4v) is 2.03. The van der Waals surface area contributed by atoms with E-state index < -0.39 is 18.3 Å². The minimum Gasteiger partial charge on any atom is -0.465 e. The van der Waals surface area contributed by atoms with E-state index in [0.29, 0.717) is 25.7 Å². The average molecular weight is 254 g/mol. The molecule has 1 fully saturated rings. The third-order valence-corrected chi connectivity index (χ3v) is 3.03. The zero-order valence-corrected chi connectivity index (χ0v) is 9.55. The number of halogens is 3. The molecule has 100 valence electrons. The van der Waals surface area contributed by atoms with Gasteiger partial charge in [0.15, 0.2) is 0 Å². The van der Waals surface area contributed by atoms with Crippen molar-refractivity contribution in [2.45, 2.75) is 56.9 Å². The molecule has 1 rings (SSSR count). The Bertz CT molecular complexity index is 263. The fourth-order valence-electron chi connectivity index (χ4n) is 2.03. The van der Waals surface area contributed by atoms with Gasteiger partial charge in [0.1, 0.15) is 6.04 Å². The summed E-state index contributed by atoms with van der Waals surface area (Å²) >= 11 is 0. The predicted octanol–water partition coefficient (Wildman–Crippen LogP) is 2.11. The van der Waals surface area contributed by atoms with E-state index in [-0.39, 0.29) is 12.1 Å². The van der Waals surface area contributed by atoms with Gasteiger partial charge in [0.2, 0.25) is 0 Å². The van der Waals surface area contributed by atoms with Crippen molar-refractivity contribution in [2.24, 2.45) is 0 Å². The first-order valence-corrected chi connectivity index (χ1v) is 5.61. The van der Waals surface area contributed by atoms with E-state index >= 15 is 0 Å². The Balaban J connectivity index is 2.30. The van der Waals surface area contributed by atoms with E-state index in [4.69, 9.17) is 5.11 Å². The third-order valence-electron chi connectivity index (χ3n) is 3.03. The quantitative estimate of drug-likeness (QED) is 0.722. The van der Waals surface area contributed by atoms with Gasteiger partial charge in [-0.25, -0.2) is 4.79 Å². The lowest BCUT2D eigenvalue weighted by atomic mass is 9.91. The zero-order chi connectivity index (χ0) is 13.1. The summed E-state index contributed by atoms with van der Waals surface area (Å²) in [6.07, 6.45) is -3.03. The lowest BCUT2D eigenvalue weighted by Gasteiger charge is -2.31. The average Bonchev–Trinajstić information content (AvgIpc) is 2.18. The highest BCUT2D eigenvalue weighted by molar-refractivity contribution is 5.64. The van der Waals surface area contributed by atoms with Crippen molar-refractivity contribution in [1.29, 1.82) is 0 Å². The van der Waals surface area contributed by atoms with Crippen molar-refractivity contribution in [3.63, 3.8) is 0 Å². The zero-order valence-electron chi connectivity index (χ0n) is 9.55. The molecule has 0 aromatic heterocycles. The molecule has 1 aliphatic rings. The normalized spacial score (nSPS) is 27.5. The van der Waals surface area contributed by atoms with Crippen LogP contribution >= 0.6 is 0 Å². The second-order valence-electron chi connectivity index (χ2n) is 4.43. The first-order chi connectivity index (χ1) is 7.79. The third kappa shape index (κ3) is 4.80. The van der Waals surface area contributed by atoms with Crippen LogP contribution in [-0.4, -0.2) is 35.5 Å². The van der Waals surface area contributed by atoms with Gasteiger partial charge in [-0.1, -0.05) is 0 Å². The number of rotatable bonds is 3. The van der Waals surface area contributed by atoms with Crippen molar-refractivity contribution in [3.05, 3.63) is 0 Å². The maximum Gasteiger partial charge on any atom is 0.404 e. The molecule has 0 saturated heterocycles. The van der Waals surface area contributed by atoms with Crippen molar-refractivity contribution in [3.8, 4) is 0 Å². The minimum atomic E-state index is -4.23. The number of alkyl halides is 3. The lowest BCUT2D eigenvalue weighted by molar-refractivity contribution is -0.153. The maximum atomic E-state index is 12.3. The summed E-state index contributed by atoms with van der Waals surface area (Å²) in [4.78, 5) is 10.4. The summed E-state index contributed by atoms with van der Waals surface area (Å²) in [5, 5.41) is 13.4. The number of hydrogen-bond donors (Lipinski definition) is 3. The monoisotopic (exact) mass is 254 g/mol. The van der Waals surface area contributed by atoms with Crippen LogP contribution in [0.25, 0.3) is 0 Å². The van der Waals surface area contributed by atoms with Crippen LogP contribution in [-0.2, 0) is 0 Å². The first kappa shape index (κ1) is 14.1. The number of hydrogen-bond acceptors (Lipinski definition) is 2. The fraction of sp³-hybridized carbons (Fsp3) is 0.900. The van der Waals surface area contributed by atoms with Gasteiger partial charge >= 0.3 is 12.3 Å². The van der Waals surface area contributed by atoms with Gasteiger partial charge in [-0.05, 0) is 32.6 Å². The van der Waals surface area contributed by atoms with Crippen LogP contribution in [0.15, 0.2) is 0 Å². The predicted molar refractivity (Wildman–Crippen MR) is 55.9 cm³/mol. The number of carbonyl (C=O) groups is 1. The summed E-state index contributed by atoms with van der Waals surface area (Å²) in [5.41, 5.74) is 0. The Labute approximate surface area is 97.6 Å². The molecule has 0 heterocycles. The second kappa shape index (κ2) is 5.57. The van der Waals surface area contributed by atoms with Crippen LogP contribution in [0.5, 0.6) is 0 Å². The van der Waals surface area contributed by atoms with Crippen molar-refractivity contribution >= 4 is 6.09 Å². The van der Waals surface area contributed by atoms with E-state index in [0.717, 1.165) is 6.92 Å². The van der Waals surface area contributed by atoms with E-state index in [1.807, 2.05) is 0 Å². The molecule has 1 aliphatic carbocycles. The van der Waals surface area contributed by atoms with Crippen molar-refractivity contribution < 1.29 is 23.1 Å². The van der Waals surface area contributed by atoms with Crippen molar-refractivity contribution in [2.75, 3.05) is 0 Å². The smallest absolute Gasteiger partial charge is 0.404 e. The van der Waals surface area contributed by atoms with E-state index in [1.54, 1.807) is 0 Å². The standard InChI is InChI=1S/C10H17F3N2O2/c1-6(10(11,12)13)14-7-2-4-8(5-3-7)15-9(16)17/h6-8,14-15H,2-5H2,1H3,(H,16,17). The highest BCUT2D eigenvalue weighted by Gasteiger charge is 2.37. The molecule has 0 spiro atoms. The second-order valence-corrected chi connectivity index (χ2v) is 4.43. The SMILES string of the molecule is CC(NC1CCC(NC(=O)O)CC1)C(F)(F)F. The van der Waals surface area contributed by atoms with Gasteiger partial charge in [-0.3, -0.25) is 0 Å². The summed E-state index contributed by atoms with van der Waals surface area (Å²) in [7, 11) is 0. The number of carboxylic acid groups (broad SMARTS) is 1. The Morgan fingerprint density at radius 1 is 1.24 bits per heavy atom. The number of nitrogens with one attached hydrogen (secondary N) is 2. The molecule has 1 atom stereocenters. The topological polar surface area (TPSA) is 61.4 Å². The van der Waals surface area contributed by atoms with Gasteiger partial charge in [0, 0.05) is 12.1 Å². The largest absolute Gasteiger partial charge is 0.465 e.